The SMILES string of the molecule is CC1(O)CCN(S(=O)(=O)c2cnc3n2C(C)(Cc2ccc(Br)cc2)C(=O)N3c2cc(Cl)cc(Cl)c2)CC1. The van der Waals surface area contributed by atoms with Gasteiger partial charge in [0.15, 0.2) is 5.03 Å². The van der Waals surface area contributed by atoms with Gasteiger partial charge in [0.25, 0.3) is 15.9 Å². The van der Waals surface area contributed by atoms with Gasteiger partial charge in [-0.1, -0.05) is 51.3 Å². The first-order valence-corrected chi connectivity index (χ1v) is 14.7. The fourth-order valence-electron chi connectivity index (χ4n) is 4.95. The van der Waals surface area contributed by atoms with Crippen molar-refractivity contribution in [2.45, 2.75) is 49.3 Å². The van der Waals surface area contributed by atoms with E-state index in [4.69, 9.17) is 23.2 Å². The topological polar surface area (TPSA) is 95.7 Å². The van der Waals surface area contributed by atoms with E-state index in [1.807, 2.05) is 24.3 Å². The van der Waals surface area contributed by atoms with Crippen LogP contribution in [0.1, 0.15) is 32.3 Å². The summed E-state index contributed by atoms with van der Waals surface area (Å²) in [4.78, 5) is 19.9. The lowest BCUT2D eigenvalue weighted by Gasteiger charge is -2.35. The Hall–Kier alpha value is -1.95. The van der Waals surface area contributed by atoms with Gasteiger partial charge in [-0.05, 0) is 62.6 Å². The number of imidazole rings is 1. The normalized spacial score (nSPS) is 21.9. The Kier molecular flexibility index (Phi) is 6.74. The van der Waals surface area contributed by atoms with Crippen LogP contribution in [0.4, 0.5) is 11.6 Å². The number of halogens is 3. The molecule has 0 bridgehead atoms. The molecule has 2 aliphatic heterocycles. The molecule has 0 saturated carbocycles. The van der Waals surface area contributed by atoms with Gasteiger partial charge >= 0.3 is 0 Å². The molecule has 2 aromatic carbocycles. The summed E-state index contributed by atoms with van der Waals surface area (Å²) in [5.41, 5.74) is -0.980. The first kappa shape index (κ1) is 26.6. The Morgan fingerprint density at radius 3 is 2.24 bits per heavy atom. The quantitative estimate of drug-likeness (QED) is 0.423. The van der Waals surface area contributed by atoms with Gasteiger partial charge in [0, 0.05) is 34.0 Å². The van der Waals surface area contributed by atoms with Crippen molar-refractivity contribution in [1.82, 2.24) is 13.9 Å². The number of hydrogen-bond acceptors (Lipinski definition) is 5. The molecule has 1 amide bonds. The minimum absolute atomic E-state index is 0.0763. The minimum atomic E-state index is -4.03. The van der Waals surface area contributed by atoms with Gasteiger partial charge in [0.1, 0.15) is 5.54 Å². The summed E-state index contributed by atoms with van der Waals surface area (Å²) in [6.07, 6.45) is 2.15. The maximum Gasteiger partial charge on any atom is 0.260 e. The van der Waals surface area contributed by atoms with E-state index in [-0.39, 0.29) is 36.4 Å². The average Bonchev–Trinajstić information content (AvgIpc) is 3.33. The summed E-state index contributed by atoms with van der Waals surface area (Å²) in [5, 5.41) is 10.9. The highest BCUT2D eigenvalue weighted by Gasteiger charge is 2.52. The predicted octanol–water partition coefficient (Wildman–Crippen LogP) is 5.12. The van der Waals surface area contributed by atoms with Crippen molar-refractivity contribution < 1.29 is 18.3 Å². The molecular formula is C25H25BrCl2N4O4S. The fourth-order valence-corrected chi connectivity index (χ4v) is 7.36. The second-order valence-electron chi connectivity index (χ2n) is 9.98. The van der Waals surface area contributed by atoms with Gasteiger partial charge in [0.2, 0.25) is 5.95 Å². The first-order chi connectivity index (χ1) is 17.3. The molecule has 1 unspecified atom stereocenters. The molecule has 0 spiro atoms. The van der Waals surface area contributed by atoms with Crippen LogP contribution >= 0.6 is 39.1 Å². The third kappa shape index (κ3) is 4.72. The van der Waals surface area contributed by atoms with Gasteiger partial charge < -0.3 is 5.11 Å². The third-order valence-electron chi connectivity index (χ3n) is 7.04. The van der Waals surface area contributed by atoms with Gasteiger partial charge in [0.05, 0.1) is 17.5 Å². The zero-order valence-electron chi connectivity index (χ0n) is 20.2. The van der Waals surface area contributed by atoms with Gasteiger partial charge in [-0.3, -0.25) is 9.36 Å². The molecule has 1 atom stereocenters. The van der Waals surface area contributed by atoms with E-state index >= 15 is 0 Å². The van der Waals surface area contributed by atoms with Crippen LogP contribution in [0, 0.1) is 0 Å². The number of rotatable bonds is 5. The van der Waals surface area contributed by atoms with Gasteiger partial charge in [-0.2, -0.15) is 4.31 Å². The number of aliphatic hydroxyl groups is 1. The molecule has 5 rings (SSSR count). The maximum atomic E-state index is 14.1. The monoisotopic (exact) mass is 626 g/mol. The highest BCUT2D eigenvalue weighted by atomic mass is 79.9. The van der Waals surface area contributed by atoms with Crippen LogP contribution in [0.25, 0.3) is 0 Å². The summed E-state index contributed by atoms with van der Waals surface area (Å²) in [6, 6.07) is 12.3. The number of piperidine rings is 1. The lowest BCUT2D eigenvalue weighted by atomic mass is 9.92. The number of aromatic nitrogens is 2. The van der Waals surface area contributed by atoms with Gasteiger partial charge in [-0.15, -0.1) is 0 Å². The molecule has 3 aromatic rings. The smallest absolute Gasteiger partial charge is 0.260 e. The molecule has 1 fully saturated rings. The zero-order chi connectivity index (χ0) is 26.8. The van der Waals surface area contributed by atoms with Crippen LogP contribution in [-0.4, -0.2) is 52.0 Å². The summed E-state index contributed by atoms with van der Waals surface area (Å²) in [7, 11) is -4.03. The largest absolute Gasteiger partial charge is 0.390 e. The molecule has 12 heteroatoms. The van der Waals surface area contributed by atoms with E-state index in [1.165, 1.54) is 20.0 Å². The highest BCUT2D eigenvalue weighted by molar-refractivity contribution is 9.10. The van der Waals surface area contributed by atoms with E-state index in [2.05, 4.69) is 20.9 Å². The predicted molar refractivity (Wildman–Crippen MR) is 146 cm³/mol. The number of carbonyl (C=O) groups excluding carboxylic acids is 1. The molecule has 1 saturated heterocycles. The lowest BCUT2D eigenvalue weighted by Crippen LogP contribution is -2.47. The number of nitrogens with zero attached hydrogens (tertiary/aromatic N) is 4. The van der Waals surface area contributed by atoms with Crippen LogP contribution in [0.2, 0.25) is 10.0 Å². The summed E-state index contributed by atoms with van der Waals surface area (Å²) in [5.74, 6) is -0.180. The Bertz CT molecular complexity index is 1460. The number of sulfonamides is 1. The van der Waals surface area contributed by atoms with E-state index in [0.717, 1.165) is 10.0 Å². The molecule has 1 aromatic heterocycles. The number of carbonyl (C=O) groups is 1. The molecule has 2 aliphatic rings. The van der Waals surface area contributed by atoms with Crippen LogP contribution in [-0.2, 0) is 26.8 Å². The molecule has 1 N–H and O–H groups in total. The Morgan fingerprint density at radius 1 is 1.05 bits per heavy atom. The van der Waals surface area contributed by atoms with Crippen molar-refractivity contribution in [3.8, 4) is 0 Å². The highest BCUT2D eigenvalue weighted by Crippen LogP contribution is 2.45. The standard InChI is InChI=1S/C25H25BrCl2N4O4S/c1-24(34)7-9-30(10-8-24)37(35,36)21-15-29-23-31(20-12-18(27)11-19(28)13-20)22(33)25(2,32(21)23)14-16-3-5-17(26)6-4-16/h3-6,11-13,15,34H,7-10,14H2,1-2H3. The Morgan fingerprint density at radius 2 is 1.65 bits per heavy atom. The van der Waals surface area contributed by atoms with E-state index < -0.39 is 21.2 Å². The fraction of sp³-hybridized carbons (Fsp3) is 0.360. The minimum Gasteiger partial charge on any atom is -0.390 e. The summed E-state index contributed by atoms with van der Waals surface area (Å²) < 4.78 is 31.5. The van der Waals surface area contributed by atoms with Crippen molar-refractivity contribution in [3.05, 3.63) is 68.7 Å². The van der Waals surface area contributed by atoms with Crippen molar-refractivity contribution in [2.75, 3.05) is 18.0 Å². The number of amides is 1. The van der Waals surface area contributed by atoms with E-state index in [1.54, 1.807) is 32.0 Å². The zero-order valence-corrected chi connectivity index (χ0v) is 24.1. The average molecular weight is 628 g/mol. The van der Waals surface area contributed by atoms with Crippen molar-refractivity contribution in [2.24, 2.45) is 0 Å². The number of hydrogen-bond donors (Lipinski definition) is 1. The third-order valence-corrected chi connectivity index (χ3v) is 9.87. The van der Waals surface area contributed by atoms with Crippen molar-refractivity contribution in [3.63, 3.8) is 0 Å². The first-order valence-electron chi connectivity index (χ1n) is 11.7. The molecule has 8 nitrogen and oxygen atoms in total. The van der Waals surface area contributed by atoms with Crippen LogP contribution in [0.3, 0.4) is 0 Å². The Balaban J connectivity index is 1.65. The molecule has 37 heavy (non-hydrogen) atoms. The van der Waals surface area contributed by atoms with Crippen LogP contribution < -0.4 is 4.90 Å². The van der Waals surface area contributed by atoms with Crippen LogP contribution in [0.5, 0.6) is 0 Å². The Labute approximate surface area is 234 Å². The summed E-state index contributed by atoms with van der Waals surface area (Å²) in [6.45, 7) is 3.76. The van der Waals surface area contributed by atoms with E-state index in [0.29, 0.717) is 28.6 Å². The number of benzene rings is 2. The lowest BCUT2D eigenvalue weighted by molar-refractivity contribution is -0.124. The summed E-state index contributed by atoms with van der Waals surface area (Å²) >= 11 is 15.9. The number of fused-ring (bicyclic) bond motifs is 1. The second kappa shape index (κ2) is 9.36. The molecule has 0 aliphatic carbocycles. The molecule has 0 radical (unpaired) electrons. The molecular weight excluding hydrogens is 603 g/mol. The van der Waals surface area contributed by atoms with Crippen molar-refractivity contribution in [1.29, 1.82) is 0 Å². The maximum absolute atomic E-state index is 14.1. The number of anilines is 2. The second-order valence-corrected chi connectivity index (χ2v) is 13.7. The molecule has 3 heterocycles. The van der Waals surface area contributed by atoms with E-state index in [9.17, 15) is 18.3 Å². The van der Waals surface area contributed by atoms with Crippen LogP contribution in [0.15, 0.2) is 58.2 Å². The van der Waals surface area contributed by atoms with Gasteiger partial charge in [-0.25, -0.2) is 18.3 Å². The molecule has 196 valence electrons. The van der Waals surface area contributed by atoms with Crippen molar-refractivity contribution >= 4 is 66.7 Å².